The van der Waals surface area contributed by atoms with Gasteiger partial charge in [0.15, 0.2) is 0 Å². The first-order chi connectivity index (χ1) is 10.5. The summed E-state index contributed by atoms with van der Waals surface area (Å²) in [5.74, 6) is 0. The first-order valence-electron chi connectivity index (χ1n) is 7.90. The Morgan fingerprint density at radius 3 is 2.45 bits per heavy atom. The van der Waals surface area contributed by atoms with Gasteiger partial charge in [-0.3, -0.25) is 0 Å². The molecule has 0 atom stereocenters. The number of hydrogen-bond acceptors (Lipinski definition) is 1. The molecule has 2 aromatic rings. The van der Waals surface area contributed by atoms with Crippen molar-refractivity contribution in [1.82, 2.24) is 4.90 Å². The third kappa shape index (κ3) is 3.97. The maximum absolute atomic E-state index is 4.66. The van der Waals surface area contributed by atoms with Crippen LogP contribution in [0.2, 0.25) is 0 Å². The fraction of sp³-hybridized carbons (Fsp3) is 0.350. The summed E-state index contributed by atoms with van der Waals surface area (Å²) in [6.07, 6.45) is 2.88. The Bertz CT molecular complexity index is 671. The molecule has 0 saturated heterocycles. The molecule has 0 spiro atoms. The van der Waals surface area contributed by atoms with Crippen LogP contribution in [-0.2, 0) is 6.42 Å². The van der Waals surface area contributed by atoms with Crippen molar-refractivity contribution < 1.29 is 0 Å². The van der Waals surface area contributed by atoms with Gasteiger partial charge in [-0.05, 0) is 68.0 Å². The number of rotatable bonds is 5. The van der Waals surface area contributed by atoms with Gasteiger partial charge >= 0.3 is 0 Å². The van der Waals surface area contributed by atoms with E-state index in [1.54, 1.807) is 0 Å². The molecular formula is C20H26N2. The van der Waals surface area contributed by atoms with Gasteiger partial charge in [-0.1, -0.05) is 30.3 Å². The van der Waals surface area contributed by atoms with Gasteiger partial charge in [0.05, 0.1) is 12.0 Å². The molecule has 0 saturated carbocycles. The van der Waals surface area contributed by atoms with Gasteiger partial charge in [0.1, 0.15) is 0 Å². The lowest BCUT2D eigenvalue weighted by atomic mass is 9.95. The second kappa shape index (κ2) is 7.26. The monoisotopic (exact) mass is 294 g/mol. The molecule has 0 heterocycles. The number of aliphatic imine (C=N–C) groups is 1. The number of aryl methyl sites for hydroxylation is 2. The highest BCUT2D eigenvalue weighted by molar-refractivity contribution is 5.64. The van der Waals surface area contributed by atoms with Gasteiger partial charge in [-0.25, -0.2) is 4.99 Å². The summed E-state index contributed by atoms with van der Waals surface area (Å²) in [6.45, 7) is 9.58. The van der Waals surface area contributed by atoms with E-state index in [1.165, 1.54) is 27.8 Å². The summed E-state index contributed by atoms with van der Waals surface area (Å²) in [6, 6.07) is 13.0. The quantitative estimate of drug-likeness (QED) is 0.570. The van der Waals surface area contributed by atoms with E-state index in [2.05, 4.69) is 74.0 Å². The van der Waals surface area contributed by atoms with Crippen LogP contribution in [-0.4, -0.2) is 24.8 Å². The van der Waals surface area contributed by atoms with Crippen LogP contribution in [0.5, 0.6) is 0 Å². The van der Waals surface area contributed by atoms with E-state index in [1.807, 2.05) is 13.4 Å². The first-order valence-corrected chi connectivity index (χ1v) is 7.90. The molecule has 0 unspecified atom stereocenters. The fourth-order valence-electron chi connectivity index (χ4n) is 2.49. The van der Waals surface area contributed by atoms with Crippen molar-refractivity contribution in [2.75, 3.05) is 13.6 Å². The maximum Gasteiger partial charge on any atom is 0.0909 e. The Kier molecular flexibility index (Phi) is 5.37. The smallest absolute Gasteiger partial charge is 0.0909 e. The van der Waals surface area contributed by atoms with Crippen LogP contribution in [0.4, 0.5) is 5.69 Å². The highest BCUT2D eigenvalue weighted by atomic mass is 15.1. The minimum absolute atomic E-state index is 0.963. The molecule has 0 aliphatic rings. The second-order valence-electron chi connectivity index (χ2n) is 5.99. The van der Waals surface area contributed by atoms with Crippen LogP contribution in [0.3, 0.4) is 0 Å². The van der Waals surface area contributed by atoms with Crippen molar-refractivity contribution in [2.45, 2.75) is 34.1 Å². The molecule has 2 heteroatoms. The van der Waals surface area contributed by atoms with Crippen molar-refractivity contribution in [3.8, 4) is 0 Å². The molecule has 2 aromatic carbocycles. The lowest BCUT2D eigenvalue weighted by molar-refractivity contribution is 0.552. The zero-order valence-electron chi connectivity index (χ0n) is 14.4. The molecule has 0 radical (unpaired) electrons. The zero-order chi connectivity index (χ0) is 16.1. The van der Waals surface area contributed by atoms with Crippen molar-refractivity contribution in [3.63, 3.8) is 0 Å². The summed E-state index contributed by atoms with van der Waals surface area (Å²) in [4.78, 5) is 6.75. The molecule has 2 rings (SSSR count). The van der Waals surface area contributed by atoms with Crippen LogP contribution < -0.4 is 0 Å². The molecule has 2 nitrogen and oxygen atoms in total. The molecule has 116 valence electrons. The number of benzene rings is 2. The van der Waals surface area contributed by atoms with E-state index in [4.69, 9.17) is 0 Å². The normalized spacial score (nSPS) is 11.1. The van der Waals surface area contributed by atoms with E-state index >= 15 is 0 Å². The summed E-state index contributed by atoms with van der Waals surface area (Å²) in [5, 5.41) is 0. The van der Waals surface area contributed by atoms with Gasteiger partial charge in [0, 0.05) is 13.6 Å². The first kappa shape index (κ1) is 16.3. The van der Waals surface area contributed by atoms with E-state index in [0.717, 1.165) is 18.7 Å². The Labute approximate surface area is 134 Å². The van der Waals surface area contributed by atoms with E-state index in [-0.39, 0.29) is 0 Å². The fourth-order valence-corrected chi connectivity index (χ4v) is 2.49. The SMILES string of the molecule is CCN(C)/C=N\c1cc(C)cc(Cc2ccccc2C)c1C. The van der Waals surface area contributed by atoms with Gasteiger partial charge < -0.3 is 4.90 Å². The lowest BCUT2D eigenvalue weighted by Gasteiger charge is -2.13. The number of hydrogen-bond donors (Lipinski definition) is 0. The molecule has 22 heavy (non-hydrogen) atoms. The van der Waals surface area contributed by atoms with Gasteiger partial charge in [0.25, 0.3) is 0 Å². The minimum atomic E-state index is 0.963. The Morgan fingerprint density at radius 1 is 1.05 bits per heavy atom. The summed E-state index contributed by atoms with van der Waals surface area (Å²) >= 11 is 0. The summed E-state index contributed by atoms with van der Waals surface area (Å²) in [5.41, 5.74) is 7.70. The standard InChI is InChI=1S/C20H26N2/c1-6-22(5)14-21-20-12-15(2)11-19(17(20)4)13-18-10-8-7-9-16(18)3/h7-12,14H,6,13H2,1-5H3/b21-14-. The third-order valence-corrected chi connectivity index (χ3v) is 4.17. The molecular weight excluding hydrogens is 268 g/mol. The van der Waals surface area contributed by atoms with Crippen LogP contribution in [0.15, 0.2) is 41.4 Å². The molecule has 0 aliphatic heterocycles. The van der Waals surface area contributed by atoms with E-state index in [0.29, 0.717) is 0 Å². The minimum Gasteiger partial charge on any atom is -0.366 e. The predicted molar refractivity (Wildman–Crippen MR) is 96.4 cm³/mol. The number of nitrogens with zero attached hydrogens (tertiary/aromatic N) is 2. The highest BCUT2D eigenvalue weighted by Crippen LogP contribution is 2.26. The Morgan fingerprint density at radius 2 is 1.77 bits per heavy atom. The van der Waals surface area contributed by atoms with Crippen molar-refractivity contribution in [1.29, 1.82) is 0 Å². The average Bonchev–Trinajstić information content (AvgIpc) is 2.50. The molecule has 0 fully saturated rings. The molecule has 0 amide bonds. The van der Waals surface area contributed by atoms with E-state index in [9.17, 15) is 0 Å². The van der Waals surface area contributed by atoms with Crippen LogP contribution in [0, 0.1) is 20.8 Å². The van der Waals surface area contributed by atoms with Gasteiger partial charge in [-0.2, -0.15) is 0 Å². The van der Waals surface area contributed by atoms with Crippen LogP contribution in [0.1, 0.15) is 34.7 Å². The van der Waals surface area contributed by atoms with Gasteiger partial charge in [0.2, 0.25) is 0 Å². The maximum atomic E-state index is 4.66. The average molecular weight is 294 g/mol. The van der Waals surface area contributed by atoms with Crippen LogP contribution >= 0.6 is 0 Å². The van der Waals surface area contributed by atoms with Crippen molar-refractivity contribution >= 4 is 12.0 Å². The molecule has 0 N–H and O–H groups in total. The van der Waals surface area contributed by atoms with Crippen molar-refractivity contribution in [2.24, 2.45) is 4.99 Å². The highest BCUT2D eigenvalue weighted by Gasteiger charge is 2.07. The molecule has 0 bridgehead atoms. The topological polar surface area (TPSA) is 15.6 Å². The van der Waals surface area contributed by atoms with Gasteiger partial charge in [-0.15, -0.1) is 0 Å². The molecule has 0 aliphatic carbocycles. The van der Waals surface area contributed by atoms with Crippen molar-refractivity contribution in [3.05, 3.63) is 64.2 Å². The lowest BCUT2D eigenvalue weighted by Crippen LogP contribution is -2.14. The largest absolute Gasteiger partial charge is 0.366 e. The second-order valence-corrected chi connectivity index (χ2v) is 5.99. The summed E-state index contributed by atoms with van der Waals surface area (Å²) < 4.78 is 0. The molecule has 0 aromatic heterocycles. The Balaban J connectivity index is 2.35. The summed E-state index contributed by atoms with van der Waals surface area (Å²) in [7, 11) is 2.04. The zero-order valence-corrected chi connectivity index (χ0v) is 14.4. The third-order valence-electron chi connectivity index (χ3n) is 4.17. The Hall–Kier alpha value is -2.09. The van der Waals surface area contributed by atoms with E-state index < -0.39 is 0 Å². The van der Waals surface area contributed by atoms with Crippen LogP contribution in [0.25, 0.3) is 0 Å². The predicted octanol–water partition coefficient (Wildman–Crippen LogP) is 4.81.